The molecular formula is C14H15F4NO2. The number of alkyl halides is 3. The van der Waals surface area contributed by atoms with Gasteiger partial charge in [-0.1, -0.05) is 18.9 Å². The molecule has 0 unspecified atom stereocenters. The van der Waals surface area contributed by atoms with Crippen LogP contribution >= 0.6 is 0 Å². The van der Waals surface area contributed by atoms with Gasteiger partial charge in [0.25, 0.3) is 5.91 Å². The second-order valence-electron chi connectivity index (χ2n) is 5.10. The summed E-state index contributed by atoms with van der Waals surface area (Å²) in [5.41, 5.74) is -2.14. The van der Waals surface area contributed by atoms with Crippen LogP contribution in [0.5, 0.6) is 0 Å². The maximum Gasteiger partial charge on any atom is 0.419 e. The van der Waals surface area contributed by atoms with E-state index >= 15 is 0 Å². The van der Waals surface area contributed by atoms with E-state index in [4.69, 9.17) is 0 Å². The first-order valence-electron chi connectivity index (χ1n) is 6.65. The van der Waals surface area contributed by atoms with Crippen LogP contribution in [0.2, 0.25) is 0 Å². The van der Waals surface area contributed by atoms with Crippen LogP contribution in [0.4, 0.5) is 17.6 Å². The van der Waals surface area contributed by atoms with Crippen molar-refractivity contribution in [3.63, 3.8) is 0 Å². The summed E-state index contributed by atoms with van der Waals surface area (Å²) in [7, 11) is 0. The Morgan fingerprint density at radius 2 is 1.90 bits per heavy atom. The largest absolute Gasteiger partial charge is 0.419 e. The van der Waals surface area contributed by atoms with Crippen molar-refractivity contribution in [1.82, 2.24) is 5.32 Å². The van der Waals surface area contributed by atoms with Crippen LogP contribution in [-0.4, -0.2) is 23.2 Å². The summed E-state index contributed by atoms with van der Waals surface area (Å²) >= 11 is 0. The third-order valence-electron chi connectivity index (χ3n) is 3.59. The van der Waals surface area contributed by atoms with E-state index in [1.807, 2.05) is 0 Å². The van der Waals surface area contributed by atoms with E-state index in [1.165, 1.54) is 0 Å². The zero-order valence-corrected chi connectivity index (χ0v) is 11.1. The van der Waals surface area contributed by atoms with Crippen molar-refractivity contribution >= 4 is 5.91 Å². The number of hydrogen-bond donors (Lipinski definition) is 2. The molecule has 1 aliphatic carbocycles. The number of aliphatic hydroxyl groups excluding tert-OH is 1. The molecule has 1 aromatic carbocycles. The number of benzene rings is 1. The standard InChI is InChI=1S/C14H15F4NO2/c15-12-8(4-3-5-9(12)14(16,17)18)13(21)19-10-6-1-2-7-11(10)20/h3-5,10-11,20H,1-2,6-7H2,(H,19,21)/t10-,11-/m1/s1. The van der Waals surface area contributed by atoms with Crippen LogP contribution in [0, 0.1) is 5.82 Å². The summed E-state index contributed by atoms with van der Waals surface area (Å²) in [5, 5.41) is 12.1. The predicted octanol–water partition coefficient (Wildman–Crippen LogP) is 2.88. The molecule has 0 radical (unpaired) electrons. The van der Waals surface area contributed by atoms with Crippen molar-refractivity contribution in [2.45, 2.75) is 44.0 Å². The Kier molecular flexibility index (Phi) is 4.51. The van der Waals surface area contributed by atoms with Crippen molar-refractivity contribution < 1.29 is 27.5 Å². The third kappa shape index (κ3) is 3.53. The summed E-state index contributed by atoms with van der Waals surface area (Å²) < 4.78 is 51.6. The lowest BCUT2D eigenvalue weighted by Gasteiger charge is -2.28. The lowest BCUT2D eigenvalue weighted by atomic mass is 9.92. The van der Waals surface area contributed by atoms with Gasteiger partial charge in [-0.2, -0.15) is 13.2 Å². The topological polar surface area (TPSA) is 49.3 Å². The van der Waals surface area contributed by atoms with Gasteiger partial charge in [0, 0.05) is 0 Å². The van der Waals surface area contributed by atoms with Crippen LogP contribution in [0.25, 0.3) is 0 Å². The van der Waals surface area contributed by atoms with Gasteiger partial charge < -0.3 is 10.4 Å². The summed E-state index contributed by atoms with van der Waals surface area (Å²) in [6, 6.07) is 2.01. The molecule has 0 saturated heterocycles. The zero-order valence-electron chi connectivity index (χ0n) is 11.1. The van der Waals surface area contributed by atoms with E-state index in [-0.39, 0.29) is 0 Å². The van der Waals surface area contributed by atoms with Gasteiger partial charge in [-0.25, -0.2) is 4.39 Å². The molecule has 1 amide bonds. The number of carbonyl (C=O) groups is 1. The molecule has 2 atom stereocenters. The van der Waals surface area contributed by atoms with Gasteiger partial charge in [-0.3, -0.25) is 4.79 Å². The Morgan fingerprint density at radius 1 is 1.24 bits per heavy atom. The van der Waals surface area contributed by atoms with Gasteiger partial charge in [0.2, 0.25) is 0 Å². The van der Waals surface area contributed by atoms with E-state index in [0.717, 1.165) is 25.0 Å². The van der Waals surface area contributed by atoms with Crippen molar-refractivity contribution in [3.05, 3.63) is 35.1 Å². The van der Waals surface area contributed by atoms with Crippen molar-refractivity contribution in [2.75, 3.05) is 0 Å². The van der Waals surface area contributed by atoms with Crippen LogP contribution < -0.4 is 5.32 Å². The number of nitrogens with one attached hydrogen (secondary N) is 1. The van der Waals surface area contributed by atoms with E-state index in [0.29, 0.717) is 18.9 Å². The zero-order chi connectivity index (χ0) is 15.6. The molecule has 0 aliphatic heterocycles. The van der Waals surface area contributed by atoms with Gasteiger partial charge in [0.05, 0.1) is 23.3 Å². The molecule has 1 aliphatic rings. The molecular weight excluding hydrogens is 290 g/mol. The summed E-state index contributed by atoms with van der Waals surface area (Å²) in [5.74, 6) is -2.53. The lowest BCUT2D eigenvalue weighted by Crippen LogP contribution is -2.45. The van der Waals surface area contributed by atoms with E-state index in [1.54, 1.807) is 0 Å². The van der Waals surface area contributed by atoms with Gasteiger partial charge in [-0.15, -0.1) is 0 Å². The van der Waals surface area contributed by atoms with Gasteiger partial charge >= 0.3 is 6.18 Å². The molecule has 1 fully saturated rings. The fourth-order valence-corrected chi connectivity index (χ4v) is 2.45. The fraction of sp³-hybridized carbons (Fsp3) is 0.500. The second kappa shape index (κ2) is 6.01. The average molecular weight is 305 g/mol. The molecule has 0 spiro atoms. The first-order chi connectivity index (χ1) is 9.80. The van der Waals surface area contributed by atoms with Crippen molar-refractivity contribution in [3.8, 4) is 0 Å². The number of halogens is 4. The molecule has 0 bridgehead atoms. The number of carbonyl (C=O) groups excluding carboxylic acids is 1. The number of rotatable bonds is 2. The second-order valence-corrected chi connectivity index (χ2v) is 5.10. The SMILES string of the molecule is O=C(N[C@@H]1CCCC[C@H]1O)c1cccc(C(F)(F)F)c1F. The summed E-state index contributed by atoms with van der Waals surface area (Å²) in [6.07, 6.45) is -2.95. The maximum absolute atomic E-state index is 13.8. The Bertz CT molecular complexity index is 530. The molecule has 116 valence electrons. The molecule has 0 heterocycles. The normalized spacial score (nSPS) is 22.9. The molecule has 1 aromatic rings. The highest BCUT2D eigenvalue weighted by Gasteiger charge is 2.36. The van der Waals surface area contributed by atoms with Gasteiger partial charge in [0.15, 0.2) is 0 Å². The summed E-state index contributed by atoms with van der Waals surface area (Å²) in [6.45, 7) is 0. The minimum atomic E-state index is -4.86. The predicted molar refractivity (Wildman–Crippen MR) is 67.1 cm³/mol. The average Bonchev–Trinajstić information content (AvgIpc) is 2.40. The maximum atomic E-state index is 13.8. The smallest absolute Gasteiger partial charge is 0.391 e. The van der Waals surface area contributed by atoms with Crippen LogP contribution in [0.3, 0.4) is 0 Å². The minimum absolute atomic E-state index is 0.510. The van der Waals surface area contributed by atoms with Crippen LogP contribution in [-0.2, 0) is 6.18 Å². The number of hydrogen-bond acceptors (Lipinski definition) is 2. The van der Waals surface area contributed by atoms with Crippen LogP contribution in [0.15, 0.2) is 18.2 Å². The quantitative estimate of drug-likeness (QED) is 0.826. The monoisotopic (exact) mass is 305 g/mol. The highest BCUT2D eigenvalue weighted by molar-refractivity contribution is 5.95. The Balaban J connectivity index is 2.20. The van der Waals surface area contributed by atoms with Gasteiger partial charge in [-0.05, 0) is 25.0 Å². The van der Waals surface area contributed by atoms with Crippen molar-refractivity contribution in [2.24, 2.45) is 0 Å². The lowest BCUT2D eigenvalue weighted by molar-refractivity contribution is -0.140. The minimum Gasteiger partial charge on any atom is -0.391 e. The molecule has 0 aromatic heterocycles. The molecule has 2 N–H and O–H groups in total. The highest BCUT2D eigenvalue weighted by Crippen LogP contribution is 2.32. The van der Waals surface area contributed by atoms with E-state index in [9.17, 15) is 27.5 Å². The number of aliphatic hydroxyl groups is 1. The first kappa shape index (κ1) is 15.8. The van der Waals surface area contributed by atoms with Gasteiger partial charge in [0.1, 0.15) is 5.82 Å². The highest BCUT2D eigenvalue weighted by atomic mass is 19.4. The molecule has 1 saturated carbocycles. The van der Waals surface area contributed by atoms with E-state index < -0.39 is 41.2 Å². The fourth-order valence-electron chi connectivity index (χ4n) is 2.45. The Labute approximate surface area is 119 Å². The third-order valence-corrected chi connectivity index (χ3v) is 3.59. The number of amides is 1. The molecule has 2 rings (SSSR count). The Morgan fingerprint density at radius 3 is 2.52 bits per heavy atom. The Hall–Kier alpha value is -1.63. The van der Waals surface area contributed by atoms with E-state index in [2.05, 4.69) is 5.32 Å². The van der Waals surface area contributed by atoms with Crippen LogP contribution in [0.1, 0.15) is 41.6 Å². The first-order valence-corrected chi connectivity index (χ1v) is 6.65. The molecule has 21 heavy (non-hydrogen) atoms. The molecule has 7 heteroatoms. The summed E-state index contributed by atoms with van der Waals surface area (Å²) in [4.78, 5) is 11.9. The molecule has 3 nitrogen and oxygen atoms in total. The van der Waals surface area contributed by atoms with Crippen molar-refractivity contribution in [1.29, 1.82) is 0 Å².